The third-order valence-corrected chi connectivity index (χ3v) is 5.49. The number of carbonyl (C=O) groups excluding carboxylic acids is 1. The Morgan fingerprint density at radius 3 is 2.52 bits per heavy atom. The highest BCUT2D eigenvalue weighted by Crippen LogP contribution is 2.32. The Bertz CT molecular complexity index is 907. The Labute approximate surface area is 146 Å². The highest BCUT2D eigenvalue weighted by atomic mass is 32.2. The first-order valence-electron chi connectivity index (χ1n) is 7.90. The van der Waals surface area contributed by atoms with Crippen molar-refractivity contribution < 1.29 is 22.7 Å². The molecular formula is C18H19NO5S. The number of hydrogen-bond donors (Lipinski definition) is 1. The fraction of sp³-hybridized carbons (Fsp3) is 0.278. The van der Waals surface area contributed by atoms with E-state index < -0.39 is 16.1 Å². The summed E-state index contributed by atoms with van der Waals surface area (Å²) in [5.41, 5.74) is 1.12. The van der Waals surface area contributed by atoms with Gasteiger partial charge in [-0.05, 0) is 43.7 Å². The molecule has 3 rings (SSSR count). The van der Waals surface area contributed by atoms with Crippen LogP contribution in [-0.4, -0.2) is 27.4 Å². The van der Waals surface area contributed by atoms with Crippen molar-refractivity contribution in [1.82, 2.24) is 4.72 Å². The summed E-state index contributed by atoms with van der Waals surface area (Å²) in [5.74, 6) is 1.07. The minimum Gasteiger partial charge on any atom is -0.486 e. The van der Waals surface area contributed by atoms with Crippen molar-refractivity contribution in [3.05, 3.63) is 53.6 Å². The lowest BCUT2D eigenvalue weighted by molar-refractivity contribution is 0.101. The van der Waals surface area contributed by atoms with Crippen LogP contribution < -0.4 is 14.2 Å². The molecule has 1 heterocycles. The van der Waals surface area contributed by atoms with Crippen LogP contribution in [0.3, 0.4) is 0 Å². The standard InChI is InChI=1S/C18H19NO5S/c1-12(14-6-7-17-18(11-14)24-9-8-23-17)19-25(21,22)16-5-3-4-15(10-16)13(2)20/h3-7,10-12,19H,8-9H2,1-2H3/t12-/m1/s1. The van der Waals surface area contributed by atoms with Gasteiger partial charge in [0.05, 0.1) is 4.90 Å². The van der Waals surface area contributed by atoms with Gasteiger partial charge < -0.3 is 9.47 Å². The number of nitrogens with one attached hydrogen (secondary N) is 1. The molecule has 2 aromatic rings. The van der Waals surface area contributed by atoms with Gasteiger partial charge in [-0.25, -0.2) is 13.1 Å². The van der Waals surface area contributed by atoms with Crippen LogP contribution in [0.2, 0.25) is 0 Å². The Kier molecular flexibility index (Phi) is 4.78. The summed E-state index contributed by atoms with van der Waals surface area (Å²) in [6, 6.07) is 10.9. The van der Waals surface area contributed by atoms with Crippen LogP contribution in [0.25, 0.3) is 0 Å². The predicted molar refractivity (Wildman–Crippen MR) is 92.6 cm³/mol. The first-order chi connectivity index (χ1) is 11.9. The molecule has 0 aromatic heterocycles. The molecule has 1 atom stereocenters. The van der Waals surface area contributed by atoms with E-state index in [4.69, 9.17) is 9.47 Å². The van der Waals surface area contributed by atoms with Crippen molar-refractivity contribution in [2.24, 2.45) is 0 Å². The molecule has 0 fully saturated rings. The molecule has 0 spiro atoms. The van der Waals surface area contributed by atoms with Gasteiger partial charge in [0, 0.05) is 11.6 Å². The van der Waals surface area contributed by atoms with Crippen molar-refractivity contribution in [2.75, 3.05) is 13.2 Å². The highest BCUT2D eigenvalue weighted by molar-refractivity contribution is 7.89. The smallest absolute Gasteiger partial charge is 0.241 e. The molecule has 0 bridgehead atoms. The number of ketones is 1. The molecule has 132 valence electrons. The SMILES string of the molecule is CC(=O)c1cccc(S(=O)(=O)N[C@H](C)c2ccc3c(c2)OCCO3)c1. The van der Waals surface area contributed by atoms with E-state index in [2.05, 4.69) is 4.72 Å². The molecule has 0 amide bonds. The molecule has 0 unspecified atom stereocenters. The number of fused-ring (bicyclic) bond motifs is 1. The minimum absolute atomic E-state index is 0.0598. The van der Waals surface area contributed by atoms with Crippen LogP contribution in [-0.2, 0) is 10.0 Å². The molecule has 1 N–H and O–H groups in total. The Hall–Kier alpha value is -2.38. The summed E-state index contributed by atoms with van der Waals surface area (Å²) in [7, 11) is -3.76. The molecule has 0 aliphatic carbocycles. The highest BCUT2D eigenvalue weighted by Gasteiger charge is 2.21. The third-order valence-electron chi connectivity index (χ3n) is 3.95. The number of rotatable bonds is 5. The van der Waals surface area contributed by atoms with Gasteiger partial charge in [0.25, 0.3) is 0 Å². The second kappa shape index (κ2) is 6.85. The zero-order chi connectivity index (χ0) is 18.0. The zero-order valence-electron chi connectivity index (χ0n) is 14.0. The molecule has 7 heteroatoms. The lowest BCUT2D eigenvalue weighted by atomic mass is 10.1. The maximum Gasteiger partial charge on any atom is 0.241 e. The summed E-state index contributed by atoms with van der Waals surface area (Å²) in [4.78, 5) is 11.5. The van der Waals surface area contributed by atoms with Crippen molar-refractivity contribution in [3.63, 3.8) is 0 Å². The summed E-state index contributed by atoms with van der Waals surface area (Å²) >= 11 is 0. The molecule has 6 nitrogen and oxygen atoms in total. The van der Waals surface area contributed by atoms with Crippen molar-refractivity contribution >= 4 is 15.8 Å². The Morgan fingerprint density at radius 2 is 1.80 bits per heavy atom. The van der Waals surface area contributed by atoms with Gasteiger partial charge in [-0.2, -0.15) is 0 Å². The van der Waals surface area contributed by atoms with Gasteiger partial charge >= 0.3 is 0 Å². The predicted octanol–water partition coefficient (Wildman–Crippen LogP) is 2.70. The summed E-state index contributed by atoms with van der Waals surface area (Å²) in [6.07, 6.45) is 0. The monoisotopic (exact) mass is 361 g/mol. The quantitative estimate of drug-likeness (QED) is 0.828. The number of sulfonamides is 1. The second-order valence-electron chi connectivity index (χ2n) is 5.83. The van der Waals surface area contributed by atoms with E-state index in [-0.39, 0.29) is 10.7 Å². The number of Topliss-reactive ketones (excluding diaryl/α,β-unsaturated/α-hetero) is 1. The lowest BCUT2D eigenvalue weighted by Gasteiger charge is -2.21. The summed E-state index contributed by atoms with van der Waals surface area (Å²) in [6.45, 7) is 4.12. The van der Waals surface area contributed by atoms with Crippen LogP contribution in [0.5, 0.6) is 11.5 Å². The van der Waals surface area contributed by atoms with E-state index in [1.54, 1.807) is 37.3 Å². The van der Waals surface area contributed by atoms with Gasteiger partial charge in [0.2, 0.25) is 10.0 Å². The fourth-order valence-electron chi connectivity index (χ4n) is 2.58. The molecule has 0 saturated heterocycles. The van der Waals surface area contributed by atoms with Gasteiger partial charge in [-0.1, -0.05) is 18.2 Å². The van der Waals surface area contributed by atoms with E-state index in [0.717, 1.165) is 5.56 Å². The average Bonchev–Trinajstić information content (AvgIpc) is 2.61. The first-order valence-corrected chi connectivity index (χ1v) is 9.38. The first kappa shape index (κ1) is 17.4. The number of benzene rings is 2. The molecule has 1 aliphatic rings. The van der Waals surface area contributed by atoms with E-state index in [1.807, 2.05) is 0 Å². The van der Waals surface area contributed by atoms with Gasteiger partial charge in [0.15, 0.2) is 17.3 Å². The molecule has 1 aliphatic heterocycles. The molecule has 2 aromatic carbocycles. The topological polar surface area (TPSA) is 81.7 Å². The van der Waals surface area contributed by atoms with E-state index >= 15 is 0 Å². The van der Waals surface area contributed by atoms with Crippen molar-refractivity contribution in [2.45, 2.75) is 24.8 Å². The lowest BCUT2D eigenvalue weighted by Crippen LogP contribution is -2.27. The van der Waals surface area contributed by atoms with Crippen LogP contribution in [0, 0.1) is 0 Å². The van der Waals surface area contributed by atoms with Crippen LogP contribution in [0.4, 0.5) is 0 Å². The zero-order valence-corrected chi connectivity index (χ0v) is 14.8. The minimum atomic E-state index is -3.76. The summed E-state index contributed by atoms with van der Waals surface area (Å²) in [5, 5.41) is 0. The van der Waals surface area contributed by atoms with Crippen molar-refractivity contribution in [3.8, 4) is 11.5 Å². The largest absolute Gasteiger partial charge is 0.486 e. The van der Waals surface area contributed by atoms with Gasteiger partial charge in [-0.15, -0.1) is 0 Å². The number of ether oxygens (including phenoxy) is 2. The summed E-state index contributed by atoms with van der Waals surface area (Å²) < 4.78 is 38.8. The maximum absolute atomic E-state index is 12.6. The van der Waals surface area contributed by atoms with Gasteiger partial charge in [-0.3, -0.25) is 4.79 Å². The van der Waals surface area contributed by atoms with E-state index in [9.17, 15) is 13.2 Å². The molecule has 0 radical (unpaired) electrons. The van der Waals surface area contributed by atoms with Crippen molar-refractivity contribution in [1.29, 1.82) is 0 Å². The Balaban J connectivity index is 1.83. The van der Waals surface area contributed by atoms with E-state index in [1.165, 1.54) is 19.1 Å². The average molecular weight is 361 g/mol. The maximum atomic E-state index is 12.6. The van der Waals surface area contributed by atoms with E-state index in [0.29, 0.717) is 30.3 Å². The normalized spacial score (nSPS) is 14.8. The second-order valence-corrected chi connectivity index (χ2v) is 7.54. The molecular weight excluding hydrogens is 342 g/mol. The van der Waals surface area contributed by atoms with Gasteiger partial charge in [0.1, 0.15) is 13.2 Å². The Morgan fingerprint density at radius 1 is 1.08 bits per heavy atom. The number of carbonyl (C=O) groups is 1. The molecule has 0 saturated carbocycles. The fourth-order valence-corrected chi connectivity index (χ4v) is 3.86. The van der Waals surface area contributed by atoms with Crippen LogP contribution >= 0.6 is 0 Å². The third kappa shape index (κ3) is 3.83. The van der Waals surface area contributed by atoms with Crippen LogP contribution in [0.1, 0.15) is 35.8 Å². The number of hydrogen-bond acceptors (Lipinski definition) is 5. The molecule has 25 heavy (non-hydrogen) atoms. The van der Waals surface area contributed by atoms with Crippen LogP contribution in [0.15, 0.2) is 47.4 Å².